The Morgan fingerprint density at radius 2 is 1.93 bits per heavy atom. The molecule has 1 aliphatic rings. The third-order valence-corrected chi connectivity index (χ3v) is 5.42. The average Bonchev–Trinajstić information content (AvgIpc) is 2.94. The zero-order valence-corrected chi connectivity index (χ0v) is 18.4. The minimum absolute atomic E-state index is 0.107. The van der Waals surface area contributed by atoms with Gasteiger partial charge in [0.2, 0.25) is 5.91 Å². The Labute approximate surface area is 177 Å². The molecule has 0 radical (unpaired) electrons. The molecule has 0 bridgehead atoms. The quantitative estimate of drug-likeness (QED) is 0.695. The third kappa shape index (κ3) is 6.57. The van der Waals surface area contributed by atoms with Crippen molar-refractivity contribution in [1.82, 2.24) is 14.7 Å². The van der Waals surface area contributed by atoms with Crippen LogP contribution in [0.3, 0.4) is 0 Å². The summed E-state index contributed by atoms with van der Waals surface area (Å²) in [5, 5.41) is 0.308. The van der Waals surface area contributed by atoms with Gasteiger partial charge in [-0.1, -0.05) is 31.5 Å². The van der Waals surface area contributed by atoms with Gasteiger partial charge in [-0.25, -0.2) is 9.18 Å². The lowest BCUT2D eigenvalue weighted by Gasteiger charge is -2.30. The van der Waals surface area contributed by atoms with Gasteiger partial charge in [-0.05, 0) is 31.4 Å². The van der Waals surface area contributed by atoms with Crippen molar-refractivity contribution in [1.29, 1.82) is 0 Å². The van der Waals surface area contributed by atoms with Crippen molar-refractivity contribution >= 4 is 23.6 Å². The molecule has 1 fully saturated rings. The van der Waals surface area contributed by atoms with Gasteiger partial charge in [0.15, 0.2) is 0 Å². The summed E-state index contributed by atoms with van der Waals surface area (Å²) in [6.07, 6.45) is 0.461. The van der Waals surface area contributed by atoms with Crippen molar-refractivity contribution in [3.8, 4) is 0 Å². The molecule has 1 aromatic rings. The first-order valence-corrected chi connectivity index (χ1v) is 10.4. The van der Waals surface area contributed by atoms with Crippen molar-refractivity contribution in [2.45, 2.75) is 39.8 Å². The normalized spacial score (nSPS) is 16.4. The van der Waals surface area contributed by atoms with Crippen molar-refractivity contribution in [3.05, 3.63) is 34.6 Å². The van der Waals surface area contributed by atoms with Gasteiger partial charge >= 0.3 is 6.09 Å². The fraction of sp³-hybridized carbons (Fsp3) is 0.619. The summed E-state index contributed by atoms with van der Waals surface area (Å²) in [6.45, 7) is 8.74. The maximum atomic E-state index is 14.0. The van der Waals surface area contributed by atoms with E-state index in [2.05, 4.69) is 4.90 Å². The number of ether oxygens (including phenoxy) is 1. The van der Waals surface area contributed by atoms with Gasteiger partial charge < -0.3 is 14.5 Å². The molecule has 1 heterocycles. The predicted molar refractivity (Wildman–Crippen MR) is 111 cm³/mol. The molecule has 0 spiro atoms. The van der Waals surface area contributed by atoms with Crippen molar-refractivity contribution in [3.63, 3.8) is 0 Å². The first kappa shape index (κ1) is 23.4. The number of hydrogen-bond acceptors (Lipinski definition) is 4. The number of nitrogens with zero attached hydrogens (tertiary/aromatic N) is 3. The molecule has 1 aliphatic heterocycles. The van der Waals surface area contributed by atoms with Crippen LogP contribution < -0.4 is 0 Å². The van der Waals surface area contributed by atoms with E-state index in [1.54, 1.807) is 24.1 Å². The Morgan fingerprint density at radius 3 is 2.59 bits per heavy atom. The monoisotopic (exact) mass is 427 g/mol. The zero-order valence-electron chi connectivity index (χ0n) is 17.7. The number of likely N-dealkylation sites (N-methyl/N-ethyl adjacent to an activating group) is 1. The molecular formula is C21H31ClFN3O3. The van der Waals surface area contributed by atoms with Crippen LogP contribution in [0.4, 0.5) is 9.18 Å². The van der Waals surface area contributed by atoms with E-state index in [0.717, 1.165) is 6.42 Å². The lowest BCUT2D eigenvalue weighted by molar-refractivity contribution is -0.135. The minimum atomic E-state index is -0.421. The number of hydrogen-bond donors (Lipinski definition) is 0. The lowest BCUT2D eigenvalue weighted by Crippen LogP contribution is -2.47. The van der Waals surface area contributed by atoms with Crippen LogP contribution in [-0.4, -0.2) is 72.6 Å². The van der Waals surface area contributed by atoms with E-state index in [-0.39, 0.29) is 24.6 Å². The van der Waals surface area contributed by atoms with Gasteiger partial charge in [-0.3, -0.25) is 9.69 Å². The van der Waals surface area contributed by atoms with Crippen molar-refractivity contribution < 1.29 is 18.7 Å². The van der Waals surface area contributed by atoms with Crippen LogP contribution in [0.5, 0.6) is 0 Å². The highest BCUT2D eigenvalue weighted by atomic mass is 35.5. The molecule has 6 nitrogen and oxygen atoms in total. The highest BCUT2D eigenvalue weighted by Gasteiger charge is 2.28. The first-order valence-electron chi connectivity index (χ1n) is 10.0. The topological polar surface area (TPSA) is 53.1 Å². The molecule has 2 rings (SSSR count). The lowest BCUT2D eigenvalue weighted by atomic mass is 10.1. The van der Waals surface area contributed by atoms with Gasteiger partial charge in [-0.15, -0.1) is 0 Å². The molecule has 1 unspecified atom stereocenters. The van der Waals surface area contributed by atoms with E-state index >= 15 is 0 Å². The smallest absolute Gasteiger partial charge is 0.409 e. The summed E-state index contributed by atoms with van der Waals surface area (Å²) in [4.78, 5) is 30.3. The molecule has 0 aliphatic carbocycles. The van der Waals surface area contributed by atoms with Crippen LogP contribution in [0.15, 0.2) is 18.2 Å². The molecule has 29 heavy (non-hydrogen) atoms. The molecule has 0 N–H and O–H groups in total. The minimum Gasteiger partial charge on any atom is -0.449 e. The van der Waals surface area contributed by atoms with Crippen molar-refractivity contribution in [2.24, 2.45) is 5.92 Å². The second-order valence-corrected chi connectivity index (χ2v) is 8.33. The Bertz CT molecular complexity index is 696. The van der Waals surface area contributed by atoms with Gasteiger partial charge in [-0.2, -0.15) is 0 Å². The van der Waals surface area contributed by atoms with E-state index in [0.29, 0.717) is 49.3 Å². The molecule has 1 atom stereocenters. The molecule has 0 saturated carbocycles. The van der Waals surface area contributed by atoms with Gasteiger partial charge in [0.25, 0.3) is 0 Å². The highest BCUT2D eigenvalue weighted by molar-refractivity contribution is 6.31. The summed E-state index contributed by atoms with van der Waals surface area (Å²) in [5.74, 6) is -0.242. The number of amides is 2. The Morgan fingerprint density at radius 1 is 1.21 bits per heavy atom. The number of carbonyl (C=O) groups is 2. The fourth-order valence-electron chi connectivity index (χ4n) is 3.31. The zero-order chi connectivity index (χ0) is 21.6. The molecule has 2 amide bonds. The SMILES string of the molecule is CC(C)COC(=O)N1CCCN(C(C)C(=O)N(C)Cc2c(F)cccc2Cl)CC1. The molecule has 1 saturated heterocycles. The average molecular weight is 428 g/mol. The van der Waals surface area contributed by atoms with Crippen molar-refractivity contribution in [2.75, 3.05) is 39.8 Å². The van der Waals surface area contributed by atoms with E-state index in [1.165, 1.54) is 11.0 Å². The van der Waals surface area contributed by atoms with Crippen LogP contribution in [0.2, 0.25) is 5.02 Å². The van der Waals surface area contributed by atoms with E-state index < -0.39 is 5.82 Å². The second kappa shape index (κ2) is 10.8. The Balaban J connectivity index is 1.93. The number of benzene rings is 1. The number of rotatable bonds is 6. The second-order valence-electron chi connectivity index (χ2n) is 7.92. The molecule has 8 heteroatoms. The highest BCUT2D eigenvalue weighted by Crippen LogP contribution is 2.21. The first-order chi connectivity index (χ1) is 13.7. The van der Waals surface area contributed by atoms with E-state index in [4.69, 9.17) is 16.3 Å². The van der Waals surface area contributed by atoms with Crippen LogP contribution in [0, 0.1) is 11.7 Å². The van der Waals surface area contributed by atoms with Crippen LogP contribution in [0.25, 0.3) is 0 Å². The number of halogens is 2. The van der Waals surface area contributed by atoms with E-state index in [1.807, 2.05) is 20.8 Å². The maximum absolute atomic E-state index is 14.0. The molecular weight excluding hydrogens is 397 g/mol. The summed E-state index contributed by atoms with van der Waals surface area (Å²) in [6, 6.07) is 4.12. The van der Waals surface area contributed by atoms with Crippen LogP contribution >= 0.6 is 11.6 Å². The molecule has 162 valence electrons. The largest absolute Gasteiger partial charge is 0.449 e. The Kier molecular flexibility index (Phi) is 8.71. The number of carbonyl (C=O) groups excluding carboxylic acids is 2. The standard InChI is InChI=1S/C21H31ClFN3O3/c1-15(2)14-29-21(28)26-10-6-9-25(11-12-26)16(3)20(27)24(4)13-17-18(22)7-5-8-19(17)23/h5,7-8,15-16H,6,9-14H2,1-4H3. The van der Waals surface area contributed by atoms with Gasteiger partial charge in [0.1, 0.15) is 5.82 Å². The van der Waals surface area contributed by atoms with Crippen LogP contribution in [-0.2, 0) is 16.1 Å². The third-order valence-electron chi connectivity index (χ3n) is 5.07. The Hall–Kier alpha value is -1.86. The summed E-state index contributed by atoms with van der Waals surface area (Å²) in [7, 11) is 1.65. The molecule has 1 aromatic carbocycles. The van der Waals surface area contributed by atoms with Gasteiger partial charge in [0, 0.05) is 50.4 Å². The van der Waals surface area contributed by atoms with Gasteiger partial charge in [0.05, 0.1) is 12.6 Å². The van der Waals surface area contributed by atoms with Crippen LogP contribution in [0.1, 0.15) is 32.8 Å². The molecule has 0 aromatic heterocycles. The van der Waals surface area contributed by atoms with E-state index in [9.17, 15) is 14.0 Å². The fourth-order valence-corrected chi connectivity index (χ4v) is 3.53. The predicted octanol–water partition coefficient (Wildman–Crippen LogP) is 3.63. The summed E-state index contributed by atoms with van der Waals surface area (Å²) < 4.78 is 19.3. The maximum Gasteiger partial charge on any atom is 0.409 e. The summed E-state index contributed by atoms with van der Waals surface area (Å²) in [5.41, 5.74) is 0.312. The summed E-state index contributed by atoms with van der Waals surface area (Å²) >= 11 is 6.08.